The summed E-state index contributed by atoms with van der Waals surface area (Å²) in [7, 11) is 0. The van der Waals surface area contributed by atoms with Crippen molar-refractivity contribution in [2.75, 3.05) is 5.32 Å². The van der Waals surface area contributed by atoms with Gasteiger partial charge >= 0.3 is 5.69 Å². The molecule has 1 N–H and O–H groups in total. The maximum Gasteiger partial charge on any atom is 0.333 e. The van der Waals surface area contributed by atoms with Crippen LogP contribution in [0.25, 0.3) is 11.2 Å². The number of benzene rings is 1. The van der Waals surface area contributed by atoms with Crippen molar-refractivity contribution in [2.24, 2.45) is 0 Å². The predicted octanol–water partition coefficient (Wildman–Crippen LogP) is 3.39. The molecule has 2 aromatic heterocycles. The maximum atomic E-state index is 13.3. The third-order valence-corrected chi connectivity index (χ3v) is 5.27. The lowest BCUT2D eigenvalue weighted by molar-refractivity contribution is -0.116. The second-order valence-electron chi connectivity index (χ2n) is 7.32. The summed E-state index contributed by atoms with van der Waals surface area (Å²) in [6.07, 6.45) is 4.94. The van der Waals surface area contributed by atoms with Crippen molar-refractivity contribution in [2.45, 2.75) is 59.2 Å². The molecule has 3 rings (SSSR count). The van der Waals surface area contributed by atoms with Crippen LogP contribution in [0.5, 0.6) is 0 Å². The van der Waals surface area contributed by atoms with E-state index in [2.05, 4.69) is 10.3 Å². The number of carbonyl (C=O) groups is 1. The molecule has 0 radical (unpaired) electrons. The van der Waals surface area contributed by atoms with E-state index in [0.29, 0.717) is 24.3 Å². The molecule has 0 aliphatic rings. The van der Waals surface area contributed by atoms with Gasteiger partial charge in [-0.15, -0.1) is 0 Å². The molecule has 31 heavy (non-hydrogen) atoms. The maximum absolute atomic E-state index is 13.3. The van der Waals surface area contributed by atoms with E-state index in [1.807, 2.05) is 13.8 Å². The first-order valence-corrected chi connectivity index (χ1v) is 10.7. The van der Waals surface area contributed by atoms with Crippen molar-refractivity contribution in [1.29, 1.82) is 0 Å². The summed E-state index contributed by atoms with van der Waals surface area (Å²) >= 11 is 5.74. The van der Waals surface area contributed by atoms with Crippen LogP contribution in [0.2, 0.25) is 5.02 Å². The Bertz CT molecular complexity index is 1210. The highest BCUT2D eigenvalue weighted by atomic mass is 35.5. The number of halogens is 2. The summed E-state index contributed by atoms with van der Waals surface area (Å²) < 4.78 is 17.4. The SMILES string of the molecule is CCCCn1cnc2c1c(=O)n(CC(=O)Nc1ccc(F)c(Cl)c1)c(=O)n2CCCC. The van der Waals surface area contributed by atoms with Crippen molar-refractivity contribution < 1.29 is 9.18 Å². The fraction of sp³-hybridized carbons (Fsp3) is 0.429. The number of nitrogens with zero attached hydrogens (tertiary/aromatic N) is 4. The van der Waals surface area contributed by atoms with E-state index in [0.717, 1.165) is 36.3 Å². The third-order valence-electron chi connectivity index (χ3n) is 4.98. The van der Waals surface area contributed by atoms with Crippen molar-refractivity contribution in [3.8, 4) is 0 Å². The van der Waals surface area contributed by atoms with Gasteiger partial charge in [0.05, 0.1) is 11.3 Å². The lowest BCUT2D eigenvalue weighted by Crippen LogP contribution is -2.43. The largest absolute Gasteiger partial charge is 0.333 e. The molecule has 0 saturated carbocycles. The molecule has 0 aliphatic carbocycles. The van der Waals surface area contributed by atoms with Gasteiger partial charge in [-0.3, -0.25) is 14.2 Å². The first-order valence-electron chi connectivity index (χ1n) is 10.3. The molecule has 0 fully saturated rings. The highest BCUT2D eigenvalue weighted by Gasteiger charge is 2.19. The lowest BCUT2D eigenvalue weighted by atomic mass is 10.3. The Morgan fingerprint density at radius 1 is 1.13 bits per heavy atom. The number of imidazole rings is 1. The average molecular weight is 450 g/mol. The number of aryl methyl sites for hydroxylation is 2. The minimum Gasteiger partial charge on any atom is -0.325 e. The van der Waals surface area contributed by atoms with Gasteiger partial charge in [-0.1, -0.05) is 38.3 Å². The van der Waals surface area contributed by atoms with Crippen molar-refractivity contribution in [3.05, 3.63) is 56.2 Å². The highest BCUT2D eigenvalue weighted by molar-refractivity contribution is 6.31. The molecule has 10 heteroatoms. The summed E-state index contributed by atoms with van der Waals surface area (Å²) in [6, 6.07) is 3.74. The number of aromatic nitrogens is 4. The molecule has 2 heterocycles. The first-order chi connectivity index (χ1) is 14.9. The van der Waals surface area contributed by atoms with E-state index in [1.165, 1.54) is 16.7 Å². The van der Waals surface area contributed by atoms with Gasteiger partial charge in [-0.2, -0.15) is 0 Å². The molecule has 0 spiro atoms. The second-order valence-corrected chi connectivity index (χ2v) is 7.73. The first kappa shape index (κ1) is 22.7. The number of anilines is 1. The minimum atomic E-state index is -0.611. The van der Waals surface area contributed by atoms with E-state index in [9.17, 15) is 18.8 Å². The summed E-state index contributed by atoms with van der Waals surface area (Å²) in [5.74, 6) is -1.21. The zero-order chi connectivity index (χ0) is 22.5. The summed E-state index contributed by atoms with van der Waals surface area (Å²) in [5, 5.41) is 2.41. The summed E-state index contributed by atoms with van der Waals surface area (Å²) in [6.45, 7) is 4.55. The predicted molar refractivity (Wildman–Crippen MR) is 118 cm³/mol. The van der Waals surface area contributed by atoms with Gasteiger partial charge in [0.1, 0.15) is 12.4 Å². The Morgan fingerprint density at radius 3 is 2.52 bits per heavy atom. The number of rotatable bonds is 9. The van der Waals surface area contributed by atoms with E-state index < -0.39 is 29.5 Å². The molecule has 3 aromatic rings. The van der Waals surface area contributed by atoms with Crippen LogP contribution in [0.15, 0.2) is 34.1 Å². The van der Waals surface area contributed by atoms with Crippen LogP contribution in [0, 0.1) is 5.82 Å². The van der Waals surface area contributed by atoms with Crippen LogP contribution in [-0.2, 0) is 24.4 Å². The van der Waals surface area contributed by atoms with Gasteiger partial charge in [0.2, 0.25) is 5.91 Å². The van der Waals surface area contributed by atoms with Crippen molar-refractivity contribution >= 4 is 34.4 Å². The summed E-state index contributed by atoms with van der Waals surface area (Å²) in [5.41, 5.74) is -0.235. The lowest BCUT2D eigenvalue weighted by Gasteiger charge is -2.13. The van der Waals surface area contributed by atoms with E-state index in [1.54, 1.807) is 10.9 Å². The molecule has 1 amide bonds. The van der Waals surface area contributed by atoms with Gasteiger partial charge < -0.3 is 9.88 Å². The van der Waals surface area contributed by atoms with E-state index in [4.69, 9.17) is 11.6 Å². The molecule has 166 valence electrons. The number of hydrogen-bond donors (Lipinski definition) is 1. The van der Waals surface area contributed by atoms with Crippen LogP contribution in [0.4, 0.5) is 10.1 Å². The standard InChI is InChI=1S/C21H25ClFN5O3/c1-3-5-9-26-13-24-19-18(26)20(30)28(21(31)27(19)10-6-4-2)12-17(29)25-14-7-8-16(23)15(22)11-14/h7-8,11,13H,3-6,9-10,12H2,1-2H3,(H,25,29). The molecule has 0 atom stereocenters. The third kappa shape index (κ3) is 4.87. The number of carbonyl (C=O) groups excluding carboxylic acids is 1. The van der Waals surface area contributed by atoms with Gasteiger partial charge in [-0.25, -0.2) is 18.7 Å². The molecule has 8 nitrogen and oxygen atoms in total. The molecule has 1 aromatic carbocycles. The number of fused-ring (bicyclic) bond motifs is 1. The Kier molecular flexibility index (Phi) is 7.27. The number of unbranched alkanes of at least 4 members (excludes halogenated alkanes) is 2. The molecular formula is C21H25ClFN5O3. The van der Waals surface area contributed by atoms with Crippen molar-refractivity contribution in [1.82, 2.24) is 18.7 Å². The van der Waals surface area contributed by atoms with Crippen LogP contribution in [0.3, 0.4) is 0 Å². The molecule has 0 aliphatic heterocycles. The smallest absolute Gasteiger partial charge is 0.325 e. The van der Waals surface area contributed by atoms with Gasteiger partial charge in [0.25, 0.3) is 5.56 Å². The van der Waals surface area contributed by atoms with Gasteiger partial charge in [-0.05, 0) is 31.0 Å². The van der Waals surface area contributed by atoms with Crippen LogP contribution in [-0.4, -0.2) is 24.6 Å². The number of nitrogens with one attached hydrogen (secondary N) is 1. The Balaban J connectivity index is 2.01. The molecule has 0 saturated heterocycles. The molecule has 0 bridgehead atoms. The fourth-order valence-electron chi connectivity index (χ4n) is 3.31. The zero-order valence-corrected chi connectivity index (χ0v) is 18.3. The molecular weight excluding hydrogens is 425 g/mol. The van der Waals surface area contributed by atoms with Crippen LogP contribution in [0.1, 0.15) is 39.5 Å². The monoisotopic (exact) mass is 449 g/mol. The number of hydrogen-bond acceptors (Lipinski definition) is 4. The van der Waals surface area contributed by atoms with Gasteiger partial charge in [0.15, 0.2) is 11.2 Å². The van der Waals surface area contributed by atoms with Crippen molar-refractivity contribution in [3.63, 3.8) is 0 Å². The second kappa shape index (κ2) is 9.91. The van der Waals surface area contributed by atoms with E-state index in [-0.39, 0.29) is 10.7 Å². The van der Waals surface area contributed by atoms with E-state index >= 15 is 0 Å². The summed E-state index contributed by atoms with van der Waals surface area (Å²) in [4.78, 5) is 43.1. The highest BCUT2D eigenvalue weighted by Crippen LogP contribution is 2.19. The van der Waals surface area contributed by atoms with Gasteiger partial charge in [0, 0.05) is 18.8 Å². The Hall–Kier alpha value is -2.94. The van der Waals surface area contributed by atoms with Crippen LogP contribution >= 0.6 is 11.6 Å². The topological polar surface area (TPSA) is 90.9 Å². The normalized spacial score (nSPS) is 11.2. The minimum absolute atomic E-state index is 0.141. The molecule has 0 unspecified atom stereocenters. The Morgan fingerprint density at radius 2 is 1.84 bits per heavy atom. The van der Waals surface area contributed by atoms with Crippen LogP contribution < -0.4 is 16.6 Å². The zero-order valence-electron chi connectivity index (χ0n) is 17.5. The quantitative estimate of drug-likeness (QED) is 0.542. The Labute approximate surface area is 183 Å². The average Bonchev–Trinajstić information content (AvgIpc) is 3.16. The fourth-order valence-corrected chi connectivity index (χ4v) is 3.49. The number of amides is 1.